The van der Waals surface area contributed by atoms with Crippen molar-refractivity contribution < 1.29 is 9.90 Å². The first-order valence-corrected chi connectivity index (χ1v) is 5.61. The molecule has 0 aliphatic rings. The number of nitrogens with one attached hydrogen (secondary N) is 1. The predicted molar refractivity (Wildman–Crippen MR) is 69.2 cm³/mol. The van der Waals surface area contributed by atoms with Crippen LogP contribution in [-0.2, 0) is 4.79 Å². The van der Waals surface area contributed by atoms with E-state index < -0.39 is 0 Å². The maximum absolute atomic E-state index is 11.0. The first-order chi connectivity index (χ1) is 8.17. The minimum Gasteiger partial charge on any atom is -0.508 e. The highest BCUT2D eigenvalue weighted by Gasteiger charge is 2.04. The Kier molecular flexibility index (Phi) is 5.07. The van der Waals surface area contributed by atoms with Gasteiger partial charge in [-0.2, -0.15) is 0 Å². The Morgan fingerprint density at radius 2 is 2.12 bits per heavy atom. The SMILES string of the molecule is C=CC(=O)NCCN(CC)c1ccc(O)cc1. The molecule has 1 rings (SSSR count). The number of phenolic OH excluding ortho intramolecular Hbond substituents is 1. The Morgan fingerprint density at radius 1 is 1.47 bits per heavy atom. The van der Waals surface area contributed by atoms with Gasteiger partial charge < -0.3 is 15.3 Å². The van der Waals surface area contributed by atoms with Crippen LogP contribution in [0.1, 0.15) is 6.92 Å². The monoisotopic (exact) mass is 234 g/mol. The molecular formula is C13H18N2O2. The molecule has 0 heterocycles. The van der Waals surface area contributed by atoms with Crippen LogP contribution in [0, 0.1) is 0 Å². The van der Waals surface area contributed by atoms with Gasteiger partial charge in [0.25, 0.3) is 0 Å². The molecule has 1 amide bonds. The number of anilines is 1. The average molecular weight is 234 g/mol. The van der Waals surface area contributed by atoms with Crippen LogP contribution in [0.3, 0.4) is 0 Å². The second-order valence-electron chi connectivity index (χ2n) is 3.59. The van der Waals surface area contributed by atoms with Gasteiger partial charge in [0.2, 0.25) is 5.91 Å². The van der Waals surface area contributed by atoms with Crippen molar-refractivity contribution in [2.45, 2.75) is 6.92 Å². The highest BCUT2D eigenvalue weighted by molar-refractivity contribution is 5.86. The Bertz CT molecular complexity index is 374. The number of rotatable bonds is 6. The van der Waals surface area contributed by atoms with Gasteiger partial charge in [-0.05, 0) is 37.3 Å². The number of nitrogens with zero attached hydrogens (tertiary/aromatic N) is 1. The van der Waals surface area contributed by atoms with E-state index in [1.54, 1.807) is 12.1 Å². The molecule has 0 bridgehead atoms. The number of likely N-dealkylation sites (N-methyl/N-ethyl adjacent to an activating group) is 1. The molecule has 4 heteroatoms. The van der Waals surface area contributed by atoms with Crippen molar-refractivity contribution in [3.8, 4) is 5.75 Å². The lowest BCUT2D eigenvalue weighted by Gasteiger charge is -2.23. The van der Waals surface area contributed by atoms with E-state index in [1.165, 1.54) is 6.08 Å². The van der Waals surface area contributed by atoms with Crippen LogP contribution in [0.15, 0.2) is 36.9 Å². The predicted octanol–water partition coefficient (Wildman–Crippen LogP) is 1.52. The van der Waals surface area contributed by atoms with Crippen molar-refractivity contribution in [1.29, 1.82) is 0 Å². The molecule has 4 nitrogen and oxygen atoms in total. The fourth-order valence-electron chi connectivity index (χ4n) is 1.52. The average Bonchev–Trinajstić information content (AvgIpc) is 2.35. The third-order valence-corrected chi connectivity index (χ3v) is 2.46. The zero-order valence-corrected chi connectivity index (χ0v) is 10.0. The minimum atomic E-state index is -0.160. The number of hydrogen-bond donors (Lipinski definition) is 2. The molecule has 0 spiro atoms. The summed E-state index contributed by atoms with van der Waals surface area (Å²) in [4.78, 5) is 13.1. The molecule has 1 aromatic rings. The van der Waals surface area contributed by atoms with E-state index >= 15 is 0 Å². The van der Waals surface area contributed by atoms with Crippen LogP contribution < -0.4 is 10.2 Å². The van der Waals surface area contributed by atoms with Gasteiger partial charge in [0.05, 0.1) is 0 Å². The summed E-state index contributed by atoms with van der Waals surface area (Å²) in [6.07, 6.45) is 1.26. The third kappa shape index (κ3) is 4.18. The van der Waals surface area contributed by atoms with E-state index in [1.807, 2.05) is 19.1 Å². The molecule has 0 atom stereocenters. The quantitative estimate of drug-likeness (QED) is 0.734. The number of amides is 1. The van der Waals surface area contributed by atoms with Gasteiger partial charge in [-0.3, -0.25) is 4.79 Å². The molecular weight excluding hydrogens is 216 g/mol. The number of hydrogen-bond acceptors (Lipinski definition) is 3. The Hall–Kier alpha value is -1.97. The van der Waals surface area contributed by atoms with Crippen LogP contribution >= 0.6 is 0 Å². The molecule has 0 saturated carbocycles. The van der Waals surface area contributed by atoms with Gasteiger partial charge in [0.15, 0.2) is 0 Å². The largest absolute Gasteiger partial charge is 0.508 e. The second kappa shape index (κ2) is 6.58. The van der Waals surface area contributed by atoms with E-state index in [-0.39, 0.29) is 11.7 Å². The highest BCUT2D eigenvalue weighted by atomic mass is 16.3. The van der Waals surface area contributed by atoms with Crippen molar-refractivity contribution in [3.63, 3.8) is 0 Å². The fourth-order valence-corrected chi connectivity index (χ4v) is 1.52. The molecule has 0 aromatic heterocycles. The molecule has 17 heavy (non-hydrogen) atoms. The summed E-state index contributed by atoms with van der Waals surface area (Å²) in [5.41, 5.74) is 1.03. The smallest absolute Gasteiger partial charge is 0.243 e. The summed E-state index contributed by atoms with van der Waals surface area (Å²) in [7, 11) is 0. The molecule has 0 aliphatic heterocycles. The Labute approximate surface area is 102 Å². The Morgan fingerprint density at radius 3 is 2.65 bits per heavy atom. The number of aromatic hydroxyl groups is 1. The van der Waals surface area contributed by atoms with Crippen molar-refractivity contribution in [1.82, 2.24) is 5.32 Å². The fraction of sp³-hybridized carbons (Fsp3) is 0.308. The number of carbonyl (C=O) groups excluding carboxylic acids is 1. The summed E-state index contributed by atoms with van der Waals surface area (Å²) in [6, 6.07) is 7.02. The summed E-state index contributed by atoms with van der Waals surface area (Å²) in [5.74, 6) is 0.0940. The number of phenols is 1. The molecule has 0 saturated heterocycles. The molecule has 0 radical (unpaired) electrons. The second-order valence-corrected chi connectivity index (χ2v) is 3.59. The zero-order valence-electron chi connectivity index (χ0n) is 10.0. The maximum atomic E-state index is 11.0. The molecule has 0 fully saturated rings. The van der Waals surface area contributed by atoms with Crippen molar-refractivity contribution >= 4 is 11.6 Å². The van der Waals surface area contributed by atoms with Crippen LogP contribution in [0.4, 0.5) is 5.69 Å². The maximum Gasteiger partial charge on any atom is 0.243 e. The molecule has 0 aliphatic carbocycles. The normalized spacial score (nSPS) is 9.71. The van der Waals surface area contributed by atoms with E-state index in [0.29, 0.717) is 6.54 Å². The third-order valence-electron chi connectivity index (χ3n) is 2.46. The molecule has 92 valence electrons. The molecule has 0 unspecified atom stereocenters. The van der Waals surface area contributed by atoms with Crippen molar-refractivity contribution in [2.24, 2.45) is 0 Å². The standard InChI is InChI=1S/C13H18N2O2/c1-3-13(17)14-9-10-15(4-2)11-5-7-12(16)8-6-11/h3,5-8,16H,1,4,9-10H2,2H3,(H,14,17). The Balaban J connectivity index is 2.51. The van der Waals surface area contributed by atoms with Gasteiger partial charge >= 0.3 is 0 Å². The van der Waals surface area contributed by atoms with Gasteiger partial charge in [-0.25, -0.2) is 0 Å². The van der Waals surface area contributed by atoms with Crippen LogP contribution in [0.2, 0.25) is 0 Å². The van der Waals surface area contributed by atoms with Gasteiger partial charge in [0.1, 0.15) is 5.75 Å². The van der Waals surface area contributed by atoms with Crippen molar-refractivity contribution in [3.05, 3.63) is 36.9 Å². The van der Waals surface area contributed by atoms with Crippen LogP contribution in [0.25, 0.3) is 0 Å². The lowest BCUT2D eigenvalue weighted by atomic mass is 10.2. The summed E-state index contributed by atoms with van der Waals surface area (Å²) < 4.78 is 0. The number of carbonyl (C=O) groups is 1. The number of benzene rings is 1. The summed E-state index contributed by atoms with van der Waals surface area (Å²) in [6.45, 7) is 7.57. The van der Waals surface area contributed by atoms with E-state index in [2.05, 4.69) is 16.8 Å². The van der Waals surface area contributed by atoms with E-state index in [4.69, 9.17) is 0 Å². The highest BCUT2D eigenvalue weighted by Crippen LogP contribution is 2.17. The van der Waals surface area contributed by atoms with Gasteiger partial charge in [0, 0.05) is 25.3 Å². The van der Waals surface area contributed by atoms with E-state index in [0.717, 1.165) is 18.8 Å². The van der Waals surface area contributed by atoms with Crippen molar-refractivity contribution in [2.75, 3.05) is 24.5 Å². The minimum absolute atomic E-state index is 0.160. The summed E-state index contributed by atoms with van der Waals surface area (Å²) >= 11 is 0. The zero-order chi connectivity index (χ0) is 12.7. The first-order valence-electron chi connectivity index (χ1n) is 5.61. The van der Waals surface area contributed by atoms with Gasteiger partial charge in [-0.1, -0.05) is 6.58 Å². The van der Waals surface area contributed by atoms with Crippen LogP contribution in [-0.4, -0.2) is 30.6 Å². The van der Waals surface area contributed by atoms with Crippen LogP contribution in [0.5, 0.6) is 5.75 Å². The lowest BCUT2D eigenvalue weighted by Crippen LogP contribution is -2.34. The lowest BCUT2D eigenvalue weighted by molar-refractivity contribution is -0.116. The van der Waals surface area contributed by atoms with Gasteiger partial charge in [-0.15, -0.1) is 0 Å². The topological polar surface area (TPSA) is 52.6 Å². The first kappa shape index (κ1) is 13.1. The molecule has 2 N–H and O–H groups in total. The van der Waals surface area contributed by atoms with E-state index in [9.17, 15) is 9.90 Å². The summed E-state index contributed by atoms with van der Waals surface area (Å²) in [5, 5.41) is 11.9. The molecule has 1 aromatic carbocycles.